The molecule has 1 fully saturated rings. The Morgan fingerprint density at radius 2 is 2.20 bits per heavy atom. The van der Waals surface area contributed by atoms with Crippen molar-refractivity contribution in [1.29, 1.82) is 0 Å². The van der Waals surface area contributed by atoms with Gasteiger partial charge in [-0.3, -0.25) is 4.79 Å². The lowest BCUT2D eigenvalue weighted by Gasteiger charge is -2.32. The Labute approximate surface area is 86.0 Å². The predicted octanol–water partition coefficient (Wildman–Crippen LogP) is 1.48. The molecule has 3 nitrogen and oxygen atoms in total. The molecule has 2 atom stereocenters. The van der Waals surface area contributed by atoms with Gasteiger partial charge in [0, 0.05) is 0 Å². The molecule has 1 rings (SSSR count). The molecule has 1 heterocycles. The second-order valence-corrected chi connectivity index (χ2v) is 3.47. The van der Waals surface area contributed by atoms with Crippen molar-refractivity contribution < 1.29 is 22.7 Å². The van der Waals surface area contributed by atoms with E-state index in [1.807, 2.05) is 0 Å². The fourth-order valence-corrected chi connectivity index (χ4v) is 1.74. The number of ether oxygens (including phenoxy) is 1. The van der Waals surface area contributed by atoms with Gasteiger partial charge in [-0.05, 0) is 26.3 Å². The molecule has 1 N–H and O–H groups in total. The third-order valence-corrected chi connectivity index (χ3v) is 2.40. The molecule has 0 amide bonds. The third kappa shape index (κ3) is 3.09. The second-order valence-electron chi connectivity index (χ2n) is 3.47. The zero-order chi connectivity index (χ0) is 11.5. The van der Waals surface area contributed by atoms with Crippen molar-refractivity contribution in [3.05, 3.63) is 0 Å². The van der Waals surface area contributed by atoms with Gasteiger partial charge in [-0.1, -0.05) is 0 Å². The Kier molecular flexibility index (Phi) is 3.96. The lowest BCUT2D eigenvalue weighted by Crippen LogP contribution is -2.53. The molecule has 6 heteroatoms. The van der Waals surface area contributed by atoms with E-state index in [9.17, 15) is 18.0 Å². The smallest absolute Gasteiger partial charge is 0.404 e. The Bertz CT molecular complexity index is 230. The van der Waals surface area contributed by atoms with Gasteiger partial charge in [-0.2, -0.15) is 13.2 Å². The summed E-state index contributed by atoms with van der Waals surface area (Å²) >= 11 is 0. The van der Waals surface area contributed by atoms with Crippen LogP contribution in [0.15, 0.2) is 0 Å². The van der Waals surface area contributed by atoms with E-state index in [0.29, 0.717) is 13.0 Å². The number of carbonyl (C=O) groups excluding carboxylic acids is 1. The summed E-state index contributed by atoms with van der Waals surface area (Å²) in [6, 6.07) is -1.76. The lowest BCUT2D eigenvalue weighted by atomic mass is 9.90. The highest BCUT2D eigenvalue weighted by atomic mass is 19.4. The van der Waals surface area contributed by atoms with E-state index in [1.54, 1.807) is 6.92 Å². The van der Waals surface area contributed by atoms with E-state index in [1.165, 1.54) is 0 Å². The van der Waals surface area contributed by atoms with Crippen molar-refractivity contribution in [3.63, 3.8) is 0 Å². The SMILES string of the molecule is CCOC(=O)[C@H]1CCCN[C@H]1C(F)(F)F. The van der Waals surface area contributed by atoms with Crippen molar-refractivity contribution in [2.24, 2.45) is 5.92 Å². The number of hydrogen-bond donors (Lipinski definition) is 1. The number of nitrogens with one attached hydrogen (secondary N) is 1. The number of esters is 1. The molecule has 1 saturated heterocycles. The van der Waals surface area contributed by atoms with Crippen LogP contribution in [0, 0.1) is 5.92 Å². The summed E-state index contributed by atoms with van der Waals surface area (Å²) in [5, 5.41) is 2.32. The second kappa shape index (κ2) is 4.83. The molecule has 0 radical (unpaired) electrons. The molecule has 0 unspecified atom stereocenters. The number of hydrogen-bond acceptors (Lipinski definition) is 3. The van der Waals surface area contributed by atoms with Crippen LogP contribution in [0.25, 0.3) is 0 Å². The minimum Gasteiger partial charge on any atom is -0.466 e. The molecule has 0 aliphatic carbocycles. The lowest BCUT2D eigenvalue weighted by molar-refractivity contribution is -0.185. The fourth-order valence-electron chi connectivity index (χ4n) is 1.74. The van der Waals surface area contributed by atoms with Crippen molar-refractivity contribution in [2.75, 3.05) is 13.2 Å². The summed E-state index contributed by atoms with van der Waals surface area (Å²) in [5.74, 6) is -1.86. The van der Waals surface area contributed by atoms with Crippen LogP contribution < -0.4 is 5.32 Å². The number of halogens is 3. The Hall–Kier alpha value is -0.780. The quantitative estimate of drug-likeness (QED) is 0.723. The molecule has 0 spiro atoms. The van der Waals surface area contributed by atoms with Gasteiger partial charge < -0.3 is 10.1 Å². The molecule has 88 valence electrons. The molecule has 1 aliphatic rings. The third-order valence-electron chi connectivity index (χ3n) is 2.40. The van der Waals surface area contributed by atoms with E-state index >= 15 is 0 Å². The zero-order valence-electron chi connectivity index (χ0n) is 8.43. The number of alkyl halides is 3. The van der Waals surface area contributed by atoms with E-state index in [2.05, 4.69) is 10.1 Å². The molecule has 0 aromatic heterocycles. The summed E-state index contributed by atoms with van der Waals surface area (Å²) in [7, 11) is 0. The monoisotopic (exact) mass is 225 g/mol. The molecule has 15 heavy (non-hydrogen) atoms. The minimum atomic E-state index is -4.39. The molecule has 0 aromatic rings. The standard InChI is InChI=1S/C9H14F3NO2/c1-2-15-8(14)6-4-3-5-13-7(6)9(10,11)12/h6-7,13H,2-5H2,1H3/t6-,7+/m0/s1. The molecule has 0 aromatic carbocycles. The summed E-state index contributed by atoms with van der Waals surface area (Å²) in [6.45, 7) is 1.98. The molecule has 1 aliphatic heterocycles. The van der Waals surface area contributed by atoms with Crippen molar-refractivity contribution in [3.8, 4) is 0 Å². The molecule has 0 saturated carbocycles. The number of rotatable bonds is 2. The first-order valence-corrected chi connectivity index (χ1v) is 4.93. The van der Waals surface area contributed by atoms with Gasteiger partial charge in [0.25, 0.3) is 0 Å². The van der Waals surface area contributed by atoms with Crippen molar-refractivity contribution in [2.45, 2.75) is 32.0 Å². The van der Waals surface area contributed by atoms with Crippen LogP contribution in [0.2, 0.25) is 0 Å². The average Bonchev–Trinajstić information content (AvgIpc) is 2.17. The van der Waals surface area contributed by atoms with E-state index in [-0.39, 0.29) is 13.0 Å². The van der Waals surface area contributed by atoms with E-state index in [0.717, 1.165) is 0 Å². The summed E-state index contributed by atoms with van der Waals surface area (Å²) in [6.07, 6.45) is -3.59. The average molecular weight is 225 g/mol. The van der Waals surface area contributed by atoms with Gasteiger partial charge in [-0.25, -0.2) is 0 Å². The van der Waals surface area contributed by atoms with Crippen molar-refractivity contribution in [1.82, 2.24) is 5.32 Å². The Balaban J connectivity index is 2.70. The van der Waals surface area contributed by atoms with E-state index < -0.39 is 24.1 Å². The maximum absolute atomic E-state index is 12.5. The molecular weight excluding hydrogens is 211 g/mol. The Morgan fingerprint density at radius 1 is 1.53 bits per heavy atom. The highest BCUT2D eigenvalue weighted by Gasteiger charge is 2.48. The maximum atomic E-state index is 12.5. The summed E-state index contributed by atoms with van der Waals surface area (Å²) in [5.41, 5.74) is 0. The topological polar surface area (TPSA) is 38.3 Å². The number of piperidine rings is 1. The summed E-state index contributed by atoms with van der Waals surface area (Å²) < 4.78 is 42.2. The van der Waals surface area contributed by atoms with Crippen molar-refractivity contribution >= 4 is 5.97 Å². The summed E-state index contributed by atoms with van der Waals surface area (Å²) in [4.78, 5) is 11.3. The van der Waals surface area contributed by atoms with Crippen LogP contribution in [0.1, 0.15) is 19.8 Å². The minimum absolute atomic E-state index is 0.111. The normalized spacial score (nSPS) is 27.5. The molecular formula is C9H14F3NO2. The Morgan fingerprint density at radius 3 is 2.73 bits per heavy atom. The van der Waals surface area contributed by atoms with Gasteiger partial charge in [0.1, 0.15) is 6.04 Å². The van der Waals surface area contributed by atoms with Gasteiger partial charge in [0.2, 0.25) is 0 Å². The van der Waals surface area contributed by atoms with E-state index in [4.69, 9.17) is 0 Å². The predicted molar refractivity (Wildman–Crippen MR) is 47.2 cm³/mol. The van der Waals surface area contributed by atoms with Crippen LogP contribution in [0.4, 0.5) is 13.2 Å². The zero-order valence-corrected chi connectivity index (χ0v) is 8.43. The highest BCUT2D eigenvalue weighted by Crippen LogP contribution is 2.31. The van der Waals surface area contributed by atoms with Crippen LogP contribution in [-0.2, 0) is 9.53 Å². The van der Waals surface area contributed by atoms with Crippen LogP contribution in [0.5, 0.6) is 0 Å². The highest BCUT2D eigenvalue weighted by molar-refractivity contribution is 5.73. The van der Waals surface area contributed by atoms with Crippen LogP contribution in [-0.4, -0.2) is 31.3 Å². The number of carbonyl (C=O) groups is 1. The van der Waals surface area contributed by atoms with Crippen LogP contribution >= 0.6 is 0 Å². The largest absolute Gasteiger partial charge is 0.466 e. The van der Waals surface area contributed by atoms with Crippen LogP contribution in [0.3, 0.4) is 0 Å². The van der Waals surface area contributed by atoms with Gasteiger partial charge in [-0.15, -0.1) is 0 Å². The van der Waals surface area contributed by atoms with Gasteiger partial charge in [0.05, 0.1) is 12.5 Å². The van der Waals surface area contributed by atoms with Gasteiger partial charge >= 0.3 is 12.1 Å². The molecule has 0 bridgehead atoms. The maximum Gasteiger partial charge on any atom is 0.404 e. The van der Waals surface area contributed by atoms with Gasteiger partial charge in [0.15, 0.2) is 0 Å². The first kappa shape index (κ1) is 12.3. The first-order chi connectivity index (χ1) is 6.96. The first-order valence-electron chi connectivity index (χ1n) is 4.93. The fraction of sp³-hybridized carbons (Fsp3) is 0.889.